The van der Waals surface area contributed by atoms with Crippen LogP contribution >= 0.6 is 15.9 Å². The number of Topliss-reactive ketones (excluding diaryl/α,β-unsaturated/α-hetero) is 1. The zero-order valence-corrected chi connectivity index (χ0v) is 18.1. The molecule has 30 heavy (non-hydrogen) atoms. The van der Waals surface area contributed by atoms with Gasteiger partial charge in [-0.05, 0) is 61.0 Å². The number of hydrogen-bond donors (Lipinski definition) is 0. The maximum atomic E-state index is 13.6. The molecule has 2 aliphatic rings. The zero-order chi connectivity index (χ0) is 21.2. The predicted octanol–water partition coefficient (Wildman–Crippen LogP) is 3.94. The molecule has 2 aliphatic heterocycles. The monoisotopic (exact) mass is 475 g/mol. The van der Waals surface area contributed by atoms with E-state index in [0.717, 1.165) is 11.1 Å². The van der Waals surface area contributed by atoms with E-state index < -0.39 is 36.1 Å². The first-order valence-corrected chi connectivity index (χ1v) is 10.3. The summed E-state index contributed by atoms with van der Waals surface area (Å²) in [7, 11) is 0. The van der Waals surface area contributed by atoms with E-state index >= 15 is 0 Å². The van der Waals surface area contributed by atoms with E-state index in [2.05, 4.69) is 25.9 Å². The second-order valence-corrected chi connectivity index (χ2v) is 8.78. The quantitative estimate of drug-likeness (QED) is 0.534. The molecule has 0 unspecified atom stereocenters. The number of nitrogens with zero attached hydrogens (tertiary/aromatic N) is 3. The Morgan fingerprint density at radius 2 is 1.97 bits per heavy atom. The summed E-state index contributed by atoms with van der Waals surface area (Å²) in [6.45, 7) is 5.51. The van der Waals surface area contributed by atoms with Crippen molar-refractivity contribution in [3.8, 4) is 0 Å². The summed E-state index contributed by atoms with van der Waals surface area (Å²) in [5, 5.41) is 0.896. The number of carbonyl (C=O) groups is 1. The standard InChI is InChI=1S/C21H19BrFN3O4/c1-10-12-6-7-26(19(12)25-9-24-10)20-18-17(29-21(2,3)30-18)16(28-20)15(27)11-4-5-14(23)13(22)8-11/h4-9,16-18,20H,1-3H3/t16-,17-,18-,20-/m1/s1. The summed E-state index contributed by atoms with van der Waals surface area (Å²) >= 11 is 3.13. The number of benzene rings is 1. The van der Waals surface area contributed by atoms with Crippen LogP contribution in [0.1, 0.15) is 36.1 Å². The van der Waals surface area contributed by atoms with Crippen molar-refractivity contribution < 1.29 is 23.4 Å². The normalized spacial score (nSPS) is 27.5. The Kier molecular flexibility index (Phi) is 4.55. The van der Waals surface area contributed by atoms with Gasteiger partial charge in [0, 0.05) is 17.1 Å². The van der Waals surface area contributed by atoms with E-state index in [4.69, 9.17) is 14.2 Å². The van der Waals surface area contributed by atoms with Crippen LogP contribution < -0.4 is 0 Å². The Balaban J connectivity index is 1.54. The Morgan fingerprint density at radius 1 is 1.20 bits per heavy atom. The third kappa shape index (κ3) is 3.08. The molecule has 7 nitrogen and oxygen atoms in total. The summed E-state index contributed by atoms with van der Waals surface area (Å²) in [4.78, 5) is 21.9. The Morgan fingerprint density at radius 3 is 2.73 bits per heavy atom. The maximum absolute atomic E-state index is 13.6. The third-order valence-corrected chi connectivity index (χ3v) is 6.08. The molecule has 4 heterocycles. The fourth-order valence-corrected chi connectivity index (χ4v) is 4.51. The molecule has 1 aromatic carbocycles. The average molecular weight is 476 g/mol. The number of ketones is 1. The minimum absolute atomic E-state index is 0.215. The fraction of sp³-hybridized carbons (Fsp3) is 0.381. The minimum Gasteiger partial charge on any atom is -0.341 e. The van der Waals surface area contributed by atoms with E-state index in [9.17, 15) is 9.18 Å². The molecular formula is C21H19BrFN3O4. The molecule has 0 N–H and O–H groups in total. The molecule has 0 amide bonds. The Labute approximate surface area is 180 Å². The van der Waals surface area contributed by atoms with Crippen LogP contribution in [0.15, 0.2) is 41.3 Å². The summed E-state index contributed by atoms with van der Waals surface area (Å²) < 4.78 is 34.1. The lowest BCUT2D eigenvalue weighted by Crippen LogP contribution is -2.35. The van der Waals surface area contributed by atoms with Gasteiger partial charge in [-0.25, -0.2) is 14.4 Å². The third-order valence-electron chi connectivity index (χ3n) is 5.47. The van der Waals surface area contributed by atoms with Gasteiger partial charge in [0.2, 0.25) is 0 Å². The molecule has 4 atom stereocenters. The lowest BCUT2D eigenvalue weighted by molar-refractivity contribution is -0.190. The van der Waals surface area contributed by atoms with Crippen LogP contribution in [-0.2, 0) is 14.2 Å². The lowest BCUT2D eigenvalue weighted by atomic mass is 10.0. The molecule has 0 radical (unpaired) electrons. The van der Waals surface area contributed by atoms with Crippen molar-refractivity contribution in [3.05, 3.63) is 58.3 Å². The van der Waals surface area contributed by atoms with Crippen LogP contribution in [0.4, 0.5) is 4.39 Å². The second-order valence-electron chi connectivity index (χ2n) is 7.92. The smallest absolute Gasteiger partial charge is 0.194 e. The van der Waals surface area contributed by atoms with Crippen LogP contribution in [0.3, 0.4) is 0 Å². The van der Waals surface area contributed by atoms with Crippen molar-refractivity contribution in [3.63, 3.8) is 0 Å². The largest absolute Gasteiger partial charge is 0.341 e. The minimum atomic E-state index is -0.903. The number of rotatable bonds is 3. The summed E-state index contributed by atoms with van der Waals surface area (Å²) in [6, 6.07) is 6.05. The number of aromatic nitrogens is 3. The van der Waals surface area contributed by atoms with Gasteiger partial charge in [0.05, 0.1) is 10.2 Å². The molecule has 0 aliphatic carbocycles. The first kappa shape index (κ1) is 19.7. The molecule has 0 spiro atoms. The molecule has 3 aromatic rings. The first-order valence-electron chi connectivity index (χ1n) is 9.54. The van der Waals surface area contributed by atoms with Gasteiger partial charge in [0.25, 0.3) is 0 Å². The van der Waals surface area contributed by atoms with Crippen LogP contribution in [-0.4, -0.2) is 44.4 Å². The van der Waals surface area contributed by atoms with Crippen molar-refractivity contribution in [1.29, 1.82) is 0 Å². The van der Waals surface area contributed by atoms with Gasteiger partial charge >= 0.3 is 0 Å². The Hall–Kier alpha value is -2.20. The van der Waals surface area contributed by atoms with Crippen LogP contribution in [0.25, 0.3) is 11.0 Å². The van der Waals surface area contributed by atoms with E-state index in [0.29, 0.717) is 11.2 Å². The second kappa shape index (κ2) is 6.91. The SMILES string of the molecule is Cc1ncnc2c1ccn2[C@@H]1O[C@H](C(=O)c2ccc(F)c(Br)c2)[C@H]2OC(C)(C)O[C@H]21. The highest BCUT2D eigenvalue weighted by atomic mass is 79.9. The molecule has 5 rings (SSSR count). The summed E-state index contributed by atoms with van der Waals surface area (Å²) in [6.07, 6.45) is 0.714. The van der Waals surface area contributed by atoms with Crippen molar-refractivity contribution >= 4 is 32.7 Å². The highest BCUT2D eigenvalue weighted by Gasteiger charge is 2.58. The van der Waals surface area contributed by atoms with E-state index in [1.807, 2.05) is 23.8 Å². The molecule has 2 saturated heterocycles. The molecule has 156 valence electrons. The number of hydrogen-bond acceptors (Lipinski definition) is 6. The van der Waals surface area contributed by atoms with E-state index in [1.165, 1.54) is 24.5 Å². The number of carbonyl (C=O) groups excluding carboxylic acids is 1. The highest BCUT2D eigenvalue weighted by molar-refractivity contribution is 9.10. The number of ether oxygens (including phenoxy) is 3. The molecule has 0 saturated carbocycles. The predicted molar refractivity (Wildman–Crippen MR) is 108 cm³/mol. The number of aryl methyl sites for hydroxylation is 1. The van der Waals surface area contributed by atoms with E-state index in [-0.39, 0.29) is 10.3 Å². The topological polar surface area (TPSA) is 75.5 Å². The van der Waals surface area contributed by atoms with Crippen molar-refractivity contribution in [2.45, 2.75) is 51.1 Å². The Bertz CT molecular complexity index is 1160. The van der Waals surface area contributed by atoms with Gasteiger partial charge in [0.15, 0.2) is 23.9 Å². The van der Waals surface area contributed by atoms with Crippen molar-refractivity contribution in [1.82, 2.24) is 14.5 Å². The van der Waals surface area contributed by atoms with Gasteiger partial charge in [0.1, 0.15) is 30.0 Å². The summed E-state index contributed by atoms with van der Waals surface area (Å²) in [5.74, 6) is -1.60. The fourth-order valence-electron chi connectivity index (χ4n) is 4.13. The van der Waals surface area contributed by atoms with Gasteiger partial charge in [-0.15, -0.1) is 0 Å². The highest BCUT2D eigenvalue weighted by Crippen LogP contribution is 2.44. The van der Waals surface area contributed by atoms with Gasteiger partial charge in [-0.3, -0.25) is 4.79 Å². The molecular weight excluding hydrogens is 457 g/mol. The average Bonchev–Trinajstić information content (AvgIpc) is 3.34. The molecule has 2 aromatic heterocycles. The summed E-state index contributed by atoms with van der Waals surface area (Å²) in [5.41, 5.74) is 1.87. The number of halogens is 2. The van der Waals surface area contributed by atoms with Crippen molar-refractivity contribution in [2.24, 2.45) is 0 Å². The van der Waals surface area contributed by atoms with Crippen LogP contribution in [0.5, 0.6) is 0 Å². The van der Waals surface area contributed by atoms with Crippen LogP contribution in [0, 0.1) is 12.7 Å². The van der Waals surface area contributed by atoms with Gasteiger partial charge < -0.3 is 18.8 Å². The maximum Gasteiger partial charge on any atom is 0.194 e. The van der Waals surface area contributed by atoms with E-state index in [1.54, 1.807) is 13.8 Å². The molecule has 2 fully saturated rings. The zero-order valence-electron chi connectivity index (χ0n) is 16.5. The molecule has 9 heteroatoms. The van der Waals surface area contributed by atoms with Gasteiger partial charge in [-0.1, -0.05) is 0 Å². The van der Waals surface area contributed by atoms with Gasteiger partial charge in [-0.2, -0.15) is 0 Å². The number of fused-ring (bicyclic) bond motifs is 2. The van der Waals surface area contributed by atoms with Crippen molar-refractivity contribution in [2.75, 3.05) is 0 Å². The lowest BCUT2D eigenvalue weighted by Gasteiger charge is -2.24. The first-order chi connectivity index (χ1) is 14.2. The van der Waals surface area contributed by atoms with Crippen LogP contribution in [0.2, 0.25) is 0 Å². The molecule has 0 bridgehead atoms.